The maximum absolute atomic E-state index is 12.5. The zero-order chi connectivity index (χ0) is 15.7. The van der Waals surface area contributed by atoms with Crippen molar-refractivity contribution in [1.82, 2.24) is 0 Å². The van der Waals surface area contributed by atoms with Crippen LogP contribution in [0.3, 0.4) is 0 Å². The summed E-state index contributed by atoms with van der Waals surface area (Å²) >= 11 is 0. The van der Waals surface area contributed by atoms with Crippen molar-refractivity contribution >= 4 is 25.6 Å². The Bertz CT molecular complexity index is 631. The lowest BCUT2D eigenvalue weighted by molar-refractivity contribution is -0.137. The quantitative estimate of drug-likeness (QED) is 0.726. The van der Waals surface area contributed by atoms with Gasteiger partial charge in [-0.2, -0.15) is 13.2 Å². The van der Waals surface area contributed by atoms with Crippen molar-refractivity contribution < 1.29 is 17.6 Å². The monoisotopic (exact) mass is 310 g/mol. The third kappa shape index (κ3) is 3.88. The fraction of sp³-hybridized carbons (Fsp3) is 0.250. The summed E-state index contributed by atoms with van der Waals surface area (Å²) in [6, 6.07) is 7.00. The Balaban J connectivity index is 2.21. The Hall–Kier alpha value is -1.75. The minimum absolute atomic E-state index is 0.634. The van der Waals surface area contributed by atoms with Crippen LogP contribution in [0, 0.1) is 0 Å². The van der Waals surface area contributed by atoms with Crippen molar-refractivity contribution in [2.24, 2.45) is 0 Å². The van der Waals surface area contributed by atoms with Gasteiger partial charge in [0, 0.05) is 5.56 Å². The molecule has 0 spiro atoms. The van der Waals surface area contributed by atoms with Crippen LogP contribution in [0.1, 0.15) is 16.7 Å². The van der Waals surface area contributed by atoms with Gasteiger partial charge in [-0.05, 0) is 23.8 Å². The molecule has 1 nitrogen and oxygen atoms in total. The largest absolute Gasteiger partial charge is 0.474 e. The normalized spacial score (nSPS) is 13.0. The molecule has 0 bridgehead atoms. The third-order valence-corrected chi connectivity index (χ3v) is 4.84. The highest BCUT2D eigenvalue weighted by Crippen LogP contribution is 2.29. The summed E-state index contributed by atoms with van der Waals surface area (Å²) < 4.78 is 43.0. The van der Waals surface area contributed by atoms with Gasteiger partial charge in [0.05, 0.1) is 17.2 Å². The molecule has 1 heterocycles. The van der Waals surface area contributed by atoms with Gasteiger partial charge in [0.1, 0.15) is 8.07 Å². The van der Waals surface area contributed by atoms with Gasteiger partial charge >= 0.3 is 6.18 Å². The Morgan fingerprint density at radius 1 is 0.952 bits per heavy atom. The summed E-state index contributed by atoms with van der Waals surface area (Å²) in [5.74, 6) is 0. The van der Waals surface area contributed by atoms with E-state index >= 15 is 0 Å². The Labute approximate surface area is 123 Å². The lowest BCUT2D eigenvalue weighted by Gasteiger charge is -2.13. The van der Waals surface area contributed by atoms with E-state index in [-0.39, 0.29) is 0 Å². The van der Waals surface area contributed by atoms with Crippen molar-refractivity contribution in [3.8, 4) is 0 Å². The van der Waals surface area contributed by atoms with Gasteiger partial charge in [0.25, 0.3) is 0 Å². The first kappa shape index (κ1) is 15.6. The van der Waals surface area contributed by atoms with E-state index in [0.29, 0.717) is 0 Å². The van der Waals surface area contributed by atoms with Gasteiger partial charge in [-0.15, -0.1) is 0 Å². The number of benzene rings is 1. The second-order valence-corrected chi connectivity index (χ2v) is 10.9. The van der Waals surface area contributed by atoms with Crippen LogP contribution in [0.15, 0.2) is 41.0 Å². The zero-order valence-electron chi connectivity index (χ0n) is 12.2. The first-order valence-corrected chi connectivity index (χ1v) is 10.1. The van der Waals surface area contributed by atoms with Crippen molar-refractivity contribution in [3.63, 3.8) is 0 Å². The molecular weight excluding hydrogens is 293 g/mol. The maximum Gasteiger partial charge on any atom is 0.416 e. The van der Waals surface area contributed by atoms with Gasteiger partial charge < -0.3 is 4.42 Å². The third-order valence-electron chi connectivity index (χ3n) is 3.07. The summed E-state index contributed by atoms with van der Waals surface area (Å²) in [6.45, 7) is 6.55. The SMILES string of the molecule is C[Si](C)(C)c1occc1/C=C/c1ccc(C(F)(F)F)cc1. The van der Waals surface area contributed by atoms with Crippen LogP contribution in [0.25, 0.3) is 12.2 Å². The molecular formula is C16H17F3OSi. The molecule has 0 radical (unpaired) electrons. The summed E-state index contributed by atoms with van der Waals surface area (Å²) in [6.07, 6.45) is 1.05. The molecule has 5 heteroatoms. The van der Waals surface area contributed by atoms with E-state index in [1.807, 2.05) is 12.1 Å². The van der Waals surface area contributed by atoms with Crippen LogP contribution in [-0.4, -0.2) is 8.07 Å². The molecule has 0 fully saturated rings. The molecule has 0 aliphatic carbocycles. The van der Waals surface area contributed by atoms with E-state index in [9.17, 15) is 13.2 Å². The van der Waals surface area contributed by atoms with E-state index in [4.69, 9.17) is 4.42 Å². The molecule has 2 rings (SSSR count). The van der Waals surface area contributed by atoms with Crippen LogP contribution in [0.4, 0.5) is 13.2 Å². The zero-order valence-corrected chi connectivity index (χ0v) is 13.2. The Morgan fingerprint density at radius 3 is 2.10 bits per heavy atom. The molecule has 0 saturated carbocycles. The number of hydrogen-bond donors (Lipinski definition) is 0. The Kier molecular flexibility index (Phi) is 4.14. The van der Waals surface area contributed by atoms with Crippen molar-refractivity contribution in [3.05, 3.63) is 53.3 Å². The van der Waals surface area contributed by atoms with Crippen LogP contribution >= 0.6 is 0 Å². The number of alkyl halides is 3. The number of rotatable bonds is 3. The molecule has 0 saturated heterocycles. The van der Waals surface area contributed by atoms with Crippen molar-refractivity contribution in [1.29, 1.82) is 0 Å². The average molecular weight is 310 g/mol. The molecule has 2 aromatic rings. The average Bonchev–Trinajstić information content (AvgIpc) is 2.84. The smallest absolute Gasteiger partial charge is 0.416 e. The van der Waals surface area contributed by atoms with E-state index in [1.165, 1.54) is 12.1 Å². The number of halogens is 3. The summed E-state index contributed by atoms with van der Waals surface area (Å²) in [5.41, 5.74) is 1.09. The molecule has 1 aromatic carbocycles. The van der Waals surface area contributed by atoms with E-state index in [1.54, 1.807) is 12.3 Å². The first-order valence-electron chi connectivity index (χ1n) is 6.61. The molecule has 1 aromatic heterocycles. The molecule has 0 N–H and O–H groups in total. The number of hydrogen-bond acceptors (Lipinski definition) is 1. The molecule has 0 aliphatic rings. The molecule has 21 heavy (non-hydrogen) atoms. The van der Waals surface area contributed by atoms with E-state index < -0.39 is 19.8 Å². The highest BCUT2D eigenvalue weighted by Gasteiger charge is 2.29. The van der Waals surface area contributed by atoms with Crippen molar-refractivity contribution in [2.75, 3.05) is 0 Å². The fourth-order valence-electron chi connectivity index (χ4n) is 2.03. The summed E-state index contributed by atoms with van der Waals surface area (Å²) in [4.78, 5) is 0. The van der Waals surface area contributed by atoms with E-state index in [2.05, 4.69) is 19.6 Å². The fourth-order valence-corrected chi connectivity index (χ4v) is 3.48. The summed E-state index contributed by atoms with van der Waals surface area (Å²) in [5, 5.41) is 0.991. The predicted octanol–water partition coefficient (Wildman–Crippen LogP) is 5.01. The van der Waals surface area contributed by atoms with Crippen LogP contribution < -0.4 is 5.38 Å². The number of furan rings is 1. The summed E-state index contributed by atoms with van der Waals surface area (Å²) in [7, 11) is -1.56. The standard InChI is InChI=1S/C16H17F3OSi/c1-21(2,3)15-13(10-11-20-15)7-4-12-5-8-14(9-6-12)16(17,18)19/h4-11H,1-3H3/b7-4+. The van der Waals surface area contributed by atoms with Crippen LogP contribution in [-0.2, 0) is 6.18 Å². The second-order valence-electron chi connectivity index (χ2n) is 5.91. The molecule has 0 aliphatic heterocycles. The first-order chi connectivity index (χ1) is 9.68. The minimum atomic E-state index is -4.29. The predicted molar refractivity (Wildman–Crippen MR) is 82.1 cm³/mol. The van der Waals surface area contributed by atoms with Gasteiger partial charge in [0.2, 0.25) is 0 Å². The lowest BCUT2D eigenvalue weighted by atomic mass is 10.1. The minimum Gasteiger partial charge on any atom is -0.474 e. The molecule has 0 amide bonds. The lowest BCUT2D eigenvalue weighted by Crippen LogP contribution is -2.37. The topological polar surface area (TPSA) is 13.1 Å². The van der Waals surface area contributed by atoms with Gasteiger partial charge in [0.15, 0.2) is 0 Å². The Morgan fingerprint density at radius 2 is 1.57 bits per heavy atom. The highest BCUT2D eigenvalue weighted by molar-refractivity contribution is 6.88. The highest BCUT2D eigenvalue weighted by atomic mass is 28.3. The van der Waals surface area contributed by atoms with Gasteiger partial charge in [-0.25, -0.2) is 0 Å². The van der Waals surface area contributed by atoms with Gasteiger partial charge in [-0.3, -0.25) is 0 Å². The molecule has 0 unspecified atom stereocenters. The molecule has 112 valence electrons. The molecule has 0 atom stereocenters. The van der Waals surface area contributed by atoms with E-state index in [0.717, 1.165) is 28.6 Å². The van der Waals surface area contributed by atoms with Gasteiger partial charge in [-0.1, -0.05) is 43.9 Å². The maximum atomic E-state index is 12.5. The van der Waals surface area contributed by atoms with Crippen molar-refractivity contribution in [2.45, 2.75) is 25.8 Å². The second kappa shape index (κ2) is 5.56. The van der Waals surface area contributed by atoms with Crippen LogP contribution in [0.2, 0.25) is 19.6 Å². The van der Waals surface area contributed by atoms with Crippen LogP contribution in [0.5, 0.6) is 0 Å².